The molecule has 0 atom stereocenters. The third kappa shape index (κ3) is 2.91. The normalized spacial score (nSPS) is 10.5. The lowest BCUT2D eigenvalue weighted by Gasteiger charge is -2.07. The highest BCUT2D eigenvalue weighted by Gasteiger charge is 2.10. The maximum absolute atomic E-state index is 12.0. The molecule has 0 unspecified atom stereocenters. The topological polar surface area (TPSA) is 90.0 Å². The molecule has 0 bridgehead atoms. The largest absolute Gasteiger partial charge is 0.291 e. The summed E-state index contributed by atoms with van der Waals surface area (Å²) >= 11 is 4.45. The Balaban J connectivity index is 2.32. The molecule has 2 heterocycles. The number of aromatic nitrogens is 2. The van der Waals surface area contributed by atoms with Crippen molar-refractivity contribution >= 4 is 33.2 Å². The van der Waals surface area contributed by atoms with Crippen LogP contribution in [-0.2, 0) is 6.54 Å². The molecule has 1 amide bonds. The van der Waals surface area contributed by atoms with Gasteiger partial charge in [0.05, 0.1) is 11.4 Å². The molecule has 0 aliphatic carbocycles. The minimum absolute atomic E-state index is 0.147. The number of thiophene rings is 1. The van der Waals surface area contributed by atoms with Gasteiger partial charge in [-0.25, -0.2) is 10.8 Å². The van der Waals surface area contributed by atoms with Gasteiger partial charge in [0.1, 0.15) is 10.3 Å². The molecule has 3 N–H and O–H groups in total. The maximum Gasteiger partial charge on any atom is 0.275 e. The Morgan fingerprint density at radius 3 is 3.00 bits per heavy atom. The zero-order valence-corrected chi connectivity index (χ0v) is 12.4. The quantitative estimate of drug-likeness (QED) is 0.495. The summed E-state index contributed by atoms with van der Waals surface area (Å²) in [4.78, 5) is 28.8. The number of carbonyl (C=O) groups is 1. The summed E-state index contributed by atoms with van der Waals surface area (Å²) in [6.07, 6.45) is 1.48. The Labute approximate surface area is 121 Å². The van der Waals surface area contributed by atoms with E-state index in [1.54, 1.807) is 23.6 Å². The highest BCUT2D eigenvalue weighted by Crippen LogP contribution is 2.17. The van der Waals surface area contributed by atoms with Gasteiger partial charge in [-0.3, -0.25) is 19.6 Å². The van der Waals surface area contributed by atoms with Crippen molar-refractivity contribution in [3.05, 3.63) is 48.7 Å². The third-order valence-corrected chi connectivity index (χ3v) is 4.15. The van der Waals surface area contributed by atoms with E-state index in [0.29, 0.717) is 21.7 Å². The number of hydrogen-bond acceptors (Lipinski definition) is 5. The molecule has 100 valence electrons. The number of hydrogen-bond donors (Lipinski definition) is 2. The molecule has 0 aliphatic heterocycles. The van der Waals surface area contributed by atoms with Crippen LogP contribution in [-0.4, -0.2) is 15.5 Å². The molecule has 0 saturated heterocycles. The monoisotopic (exact) mass is 342 g/mol. The van der Waals surface area contributed by atoms with Crippen molar-refractivity contribution in [2.24, 2.45) is 5.84 Å². The van der Waals surface area contributed by atoms with Gasteiger partial charge in [-0.05, 0) is 35.0 Å². The Kier molecular flexibility index (Phi) is 4.13. The van der Waals surface area contributed by atoms with Crippen LogP contribution in [0, 0.1) is 6.92 Å². The van der Waals surface area contributed by atoms with Gasteiger partial charge < -0.3 is 0 Å². The second kappa shape index (κ2) is 5.64. The lowest BCUT2D eigenvalue weighted by molar-refractivity contribution is 0.0957. The summed E-state index contributed by atoms with van der Waals surface area (Å²) in [7, 11) is 0. The number of nitrogens with zero attached hydrogens (tertiary/aromatic N) is 2. The number of hydrazine groups is 1. The van der Waals surface area contributed by atoms with Crippen LogP contribution < -0.4 is 16.8 Å². The van der Waals surface area contributed by atoms with Crippen molar-refractivity contribution in [2.75, 3.05) is 0 Å². The van der Waals surface area contributed by atoms with Gasteiger partial charge >= 0.3 is 0 Å². The molecule has 0 aromatic carbocycles. The van der Waals surface area contributed by atoms with Crippen LogP contribution in [0.2, 0.25) is 0 Å². The molecular weight excluding hydrogens is 332 g/mol. The first-order chi connectivity index (χ1) is 9.02. The van der Waals surface area contributed by atoms with E-state index in [1.165, 1.54) is 17.5 Å². The summed E-state index contributed by atoms with van der Waals surface area (Å²) in [5.41, 5.74) is 1.93. The van der Waals surface area contributed by atoms with E-state index in [1.807, 2.05) is 0 Å². The second-order valence-corrected chi connectivity index (χ2v) is 5.81. The van der Waals surface area contributed by atoms with Crippen molar-refractivity contribution in [3.8, 4) is 0 Å². The Morgan fingerprint density at radius 1 is 1.58 bits per heavy atom. The first-order valence-corrected chi connectivity index (χ1v) is 6.95. The van der Waals surface area contributed by atoms with Crippen LogP contribution in [0.15, 0.2) is 27.6 Å². The SMILES string of the molecule is Cc1ncc(Br)c(=O)n1Cc1ccc(C(=O)NN)s1. The summed E-state index contributed by atoms with van der Waals surface area (Å²) < 4.78 is 1.95. The smallest absolute Gasteiger partial charge is 0.275 e. The Hall–Kier alpha value is -1.51. The number of halogens is 1. The molecule has 19 heavy (non-hydrogen) atoms. The fourth-order valence-electron chi connectivity index (χ4n) is 1.55. The van der Waals surface area contributed by atoms with E-state index in [0.717, 1.165) is 4.88 Å². The fourth-order valence-corrected chi connectivity index (χ4v) is 2.77. The number of nitrogen functional groups attached to an aromatic ring is 1. The molecule has 0 fully saturated rings. The van der Waals surface area contributed by atoms with Crippen LogP contribution in [0.4, 0.5) is 0 Å². The van der Waals surface area contributed by atoms with Crippen LogP contribution in [0.5, 0.6) is 0 Å². The molecule has 8 heteroatoms. The molecule has 0 aliphatic rings. The van der Waals surface area contributed by atoms with Crippen LogP contribution >= 0.6 is 27.3 Å². The van der Waals surface area contributed by atoms with Gasteiger partial charge in [0.15, 0.2) is 0 Å². The highest BCUT2D eigenvalue weighted by atomic mass is 79.9. The van der Waals surface area contributed by atoms with Gasteiger partial charge in [0.2, 0.25) is 0 Å². The first kappa shape index (κ1) is 13.9. The van der Waals surface area contributed by atoms with E-state index < -0.39 is 0 Å². The van der Waals surface area contributed by atoms with Crippen molar-refractivity contribution in [1.82, 2.24) is 15.0 Å². The molecule has 0 saturated carbocycles. The second-order valence-electron chi connectivity index (χ2n) is 3.78. The van der Waals surface area contributed by atoms with E-state index in [2.05, 4.69) is 26.3 Å². The Morgan fingerprint density at radius 2 is 2.32 bits per heavy atom. The van der Waals surface area contributed by atoms with Crippen LogP contribution in [0.3, 0.4) is 0 Å². The van der Waals surface area contributed by atoms with E-state index in [-0.39, 0.29) is 11.5 Å². The number of amides is 1. The molecular formula is C11H11BrN4O2S. The van der Waals surface area contributed by atoms with E-state index in [9.17, 15) is 9.59 Å². The Bertz CT molecular complexity index is 680. The minimum Gasteiger partial charge on any atom is -0.291 e. The van der Waals surface area contributed by atoms with Crippen molar-refractivity contribution < 1.29 is 4.79 Å². The number of aryl methyl sites for hydroxylation is 1. The first-order valence-electron chi connectivity index (χ1n) is 5.34. The van der Waals surface area contributed by atoms with E-state index >= 15 is 0 Å². The number of nitrogens with one attached hydrogen (secondary N) is 1. The van der Waals surface area contributed by atoms with Gasteiger partial charge in [-0.2, -0.15) is 0 Å². The van der Waals surface area contributed by atoms with Crippen molar-refractivity contribution in [1.29, 1.82) is 0 Å². The summed E-state index contributed by atoms with van der Waals surface area (Å²) in [5.74, 6) is 5.35. The molecule has 0 spiro atoms. The predicted molar refractivity (Wildman–Crippen MR) is 76.0 cm³/mol. The lowest BCUT2D eigenvalue weighted by atomic mass is 10.4. The van der Waals surface area contributed by atoms with Gasteiger partial charge in [-0.15, -0.1) is 11.3 Å². The summed E-state index contributed by atoms with van der Waals surface area (Å²) in [6.45, 7) is 2.13. The molecule has 6 nitrogen and oxygen atoms in total. The zero-order chi connectivity index (χ0) is 14.0. The van der Waals surface area contributed by atoms with Gasteiger partial charge in [-0.1, -0.05) is 0 Å². The third-order valence-electron chi connectivity index (χ3n) is 2.54. The summed E-state index contributed by atoms with van der Waals surface area (Å²) in [5, 5.41) is 0. The lowest BCUT2D eigenvalue weighted by Crippen LogP contribution is -2.29. The molecule has 0 radical (unpaired) electrons. The molecule has 2 aromatic heterocycles. The molecule has 2 rings (SSSR count). The number of carbonyl (C=O) groups excluding carboxylic acids is 1. The molecule has 2 aromatic rings. The van der Waals surface area contributed by atoms with Crippen molar-refractivity contribution in [2.45, 2.75) is 13.5 Å². The highest BCUT2D eigenvalue weighted by molar-refractivity contribution is 9.10. The summed E-state index contributed by atoms with van der Waals surface area (Å²) in [6, 6.07) is 3.47. The van der Waals surface area contributed by atoms with Crippen LogP contribution in [0.25, 0.3) is 0 Å². The predicted octanol–water partition coefficient (Wildman–Crippen LogP) is 1.03. The van der Waals surface area contributed by atoms with Gasteiger partial charge in [0, 0.05) is 11.1 Å². The average Bonchev–Trinajstić information content (AvgIpc) is 2.87. The number of rotatable bonds is 3. The fraction of sp³-hybridized carbons (Fsp3) is 0.182. The number of nitrogens with two attached hydrogens (primary N) is 1. The van der Waals surface area contributed by atoms with Gasteiger partial charge in [0.25, 0.3) is 11.5 Å². The maximum atomic E-state index is 12.0. The van der Waals surface area contributed by atoms with Crippen LogP contribution in [0.1, 0.15) is 20.4 Å². The standard InChI is InChI=1S/C11H11BrN4O2S/c1-6-14-4-8(12)11(18)16(6)5-7-2-3-9(19-7)10(17)15-13/h2-4H,5,13H2,1H3,(H,15,17). The van der Waals surface area contributed by atoms with E-state index in [4.69, 9.17) is 5.84 Å². The zero-order valence-electron chi connectivity index (χ0n) is 10.0. The minimum atomic E-state index is -0.340. The van der Waals surface area contributed by atoms with Crippen molar-refractivity contribution in [3.63, 3.8) is 0 Å². The average molecular weight is 343 g/mol.